The fraction of sp³-hybridized carbons (Fsp3) is 0.417. The van der Waals surface area contributed by atoms with Crippen LogP contribution in [-0.4, -0.2) is 63.2 Å². The van der Waals surface area contributed by atoms with Gasteiger partial charge >= 0.3 is 0 Å². The summed E-state index contributed by atoms with van der Waals surface area (Å²) in [6, 6.07) is 11.1. The number of anilines is 2. The lowest BCUT2D eigenvalue weighted by Crippen LogP contribution is -2.44. The Labute approximate surface area is 188 Å². The molecular weight excluding hydrogens is 410 g/mol. The molecule has 2 aromatic rings. The number of amides is 2. The minimum atomic E-state index is -0.180. The number of likely N-dealkylation sites (N-methyl/N-ethyl adjacent to an activating group) is 1. The molecule has 8 nitrogen and oxygen atoms in total. The second-order valence-electron chi connectivity index (χ2n) is 7.85. The number of ether oxygens (including phenoxy) is 3. The molecule has 4 rings (SSSR count). The van der Waals surface area contributed by atoms with Gasteiger partial charge in [-0.2, -0.15) is 0 Å². The van der Waals surface area contributed by atoms with Crippen molar-refractivity contribution in [1.82, 2.24) is 4.90 Å². The lowest BCUT2D eigenvalue weighted by molar-refractivity contribution is -0.121. The van der Waals surface area contributed by atoms with Crippen LogP contribution in [0.4, 0.5) is 11.4 Å². The predicted molar refractivity (Wildman–Crippen MR) is 122 cm³/mol. The average molecular weight is 440 g/mol. The third-order valence-corrected chi connectivity index (χ3v) is 5.71. The van der Waals surface area contributed by atoms with Gasteiger partial charge in [0.15, 0.2) is 11.5 Å². The van der Waals surface area contributed by atoms with Crippen molar-refractivity contribution in [2.24, 2.45) is 0 Å². The summed E-state index contributed by atoms with van der Waals surface area (Å²) in [5, 5.41) is 2.88. The summed E-state index contributed by atoms with van der Waals surface area (Å²) in [6.45, 7) is 4.52. The third-order valence-electron chi connectivity index (χ3n) is 5.71. The number of hydrogen-bond acceptors (Lipinski definition) is 6. The van der Waals surface area contributed by atoms with Crippen LogP contribution in [0.2, 0.25) is 0 Å². The Kier molecular flexibility index (Phi) is 6.80. The summed E-state index contributed by atoms with van der Waals surface area (Å²) in [6.07, 6.45) is 1.83. The normalized spacial score (nSPS) is 14.7. The smallest absolute Gasteiger partial charge is 0.241 e. The highest BCUT2D eigenvalue weighted by molar-refractivity contribution is 5.97. The quantitative estimate of drug-likeness (QED) is 0.715. The monoisotopic (exact) mass is 439 g/mol. The van der Waals surface area contributed by atoms with Crippen molar-refractivity contribution in [3.8, 4) is 17.2 Å². The van der Waals surface area contributed by atoms with E-state index in [1.54, 1.807) is 25.3 Å². The molecule has 0 bridgehead atoms. The number of carbonyl (C=O) groups excluding carboxylic acids is 2. The van der Waals surface area contributed by atoms with Gasteiger partial charge < -0.3 is 24.4 Å². The van der Waals surface area contributed by atoms with E-state index in [4.69, 9.17) is 14.2 Å². The molecule has 0 radical (unpaired) electrons. The summed E-state index contributed by atoms with van der Waals surface area (Å²) in [7, 11) is 1.64. The van der Waals surface area contributed by atoms with Gasteiger partial charge in [0.05, 0.1) is 20.2 Å². The Morgan fingerprint density at radius 2 is 1.91 bits per heavy atom. The lowest BCUT2D eigenvalue weighted by Gasteiger charge is -2.31. The summed E-state index contributed by atoms with van der Waals surface area (Å²) < 4.78 is 16.4. The largest absolute Gasteiger partial charge is 0.497 e. The highest BCUT2D eigenvalue weighted by Crippen LogP contribution is 2.33. The van der Waals surface area contributed by atoms with E-state index < -0.39 is 0 Å². The van der Waals surface area contributed by atoms with E-state index in [-0.39, 0.29) is 24.9 Å². The summed E-state index contributed by atoms with van der Waals surface area (Å²) in [4.78, 5) is 29.3. The molecule has 170 valence electrons. The van der Waals surface area contributed by atoms with E-state index in [0.717, 1.165) is 29.8 Å². The topological polar surface area (TPSA) is 80.3 Å². The van der Waals surface area contributed by atoms with Crippen molar-refractivity contribution in [2.75, 3.05) is 56.7 Å². The van der Waals surface area contributed by atoms with E-state index in [9.17, 15) is 9.59 Å². The van der Waals surface area contributed by atoms with Gasteiger partial charge in [-0.25, -0.2) is 0 Å². The molecule has 0 atom stereocenters. The highest BCUT2D eigenvalue weighted by Gasteiger charge is 2.25. The molecule has 0 aliphatic carbocycles. The van der Waals surface area contributed by atoms with Crippen molar-refractivity contribution in [3.05, 3.63) is 42.0 Å². The van der Waals surface area contributed by atoms with E-state index in [2.05, 4.69) is 5.32 Å². The Balaban J connectivity index is 1.36. The summed E-state index contributed by atoms with van der Waals surface area (Å²) in [5.74, 6) is 1.90. The van der Waals surface area contributed by atoms with Gasteiger partial charge in [-0.05, 0) is 55.3 Å². The van der Waals surface area contributed by atoms with E-state index >= 15 is 0 Å². The van der Waals surface area contributed by atoms with Crippen molar-refractivity contribution >= 4 is 23.2 Å². The zero-order valence-corrected chi connectivity index (χ0v) is 18.6. The van der Waals surface area contributed by atoms with Crippen LogP contribution < -0.4 is 24.4 Å². The molecule has 8 heteroatoms. The second kappa shape index (κ2) is 9.91. The molecule has 0 spiro atoms. The number of carbonyl (C=O) groups is 2. The maximum atomic E-state index is 13.1. The van der Waals surface area contributed by atoms with Crippen molar-refractivity contribution in [2.45, 2.75) is 19.8 Å². The van der Waals surface area contributed by atoms with Gasteiger partial charge in [-0.3, -0.25) is 14.5 Å². The molecule has 0 fully saturated rings. The molecule has 0 unspecified atom stereocenters. The Morgan fingerprint density at radius 1 is 1.09 bits per heavy atom. The van der Waals surface area contributed by atoms with Gasteiger partial charge in [0.25, 0.3) is 0 Å². The third kappa shape index (κ3) is 4.96. The van der Waals surface area contributed by atoms with Gasteiger partial charge in [0.1, 0.15) is 19.0 Å². The molecule has 2 heterocycles. The number of nitrogens with zero attached hydrogens (tertiary/aromatic N) is 2. The first-order valence-electron chi connectivity index (χ1n) is 11.0. The zero-order chi connectivity index (χ0) is 22.5. The van der Waals surface area contributed by atoms with Crippen LogP contribution in [0.15, 0.2) is 36.4 Å². The van der Waals surface area contributed by atoms with Gasteiger partial charge in [0.2, 0.25) is 11.8 Å². The van der Waals surface area contributed by atoms with Crippen molar-refractivity contribution in [1.29, 1.82) is 0 Å². The van der Waals surface area contributed by atoms with Crippen LogP contribution in [-0.2, 0) is 16.0 Å². The van der Waals surface area contributed by atoms with Crippen LogP contribution in [0.25, 0.3) is 0 Å². The SMILES string of the molecule is CCN(CC(=O)Nc1ccc2c(c1)OCCO2)CC(=O)N1CCCc2cc(OC)ccc21. The first kappa shape index (κ1) is 22.0. The maximum Gasteiger partial charge on any atom is 0.241 e. The fourth-order valence-electron chi connectivity index (χ4n) is 4.04. The fourth-order valence-corrected chi connectivity index (χ4v) is 4.04. The zero-order valence-electron chi connectivity index (χ0n) is 18.6. The molecule has 1 N–H and O–H groups in total. The second-order valence-corrected chi connectivity index (χ2v) is 7.85. The minimum Gasteiger partial charge on any atom is -0.497 e. The predicted octanol–water partition coefficient (Wildman–Crippen LogP) is 2.71. The molecule has 0 aromatic heterocycles. The summed E-state index contributed by atoms with van der Waals surface area (Å²) >= 11 is 0. The Morgan fingerprint density at radius 3 is 2.69 bits per heavy atom. The number of hydrogen-bond donors (Lipinski definition) is 1. The molecule has 2 aromatic carbocycles. The van der Waals surface area contributed by atoms with Gasteiger partial charge in [-0.15, -0.1) is 0 Å². The minimum absolute atomic E-state index is 0.00917. The van der Waals surface area contributed by atoms with Crippen LogP contribution in [0.1, 0.15) is 18.9 Å². The molecular formula is C24H29N3O5. The van der Waals surface area contributed by atoms with Crippen LogP contribution in [0.3, 0.4) is 0 Å². The molecule has 0 saturated carbocycles. The highest BCUT2D eigenvalue weighted by atomic mass is 16.6. The van der Waals surface area contributed by atoms with E-state index in [0.29, 0.717) is 43.5 Å². The first-order valence-corrected chi connectivity index (χ1v) is 11.0. The Hall–Kier alpha value is -3.26. The van der Waals surface area contributed by atoms with E-state index in [1.807, 2.05) is 34.9 Å². The maximum absolute atomic E-state index is 13.1. The standard InChI is InChI=1S/C24H29N3O5/c1-3-26(15-23(28)25-18-6-9-21-22(14-18)32-12-11-31-21)16-24(29)27-10-4-5-17-13-19(30-2)7-8-20(17)27/h6-9,13-14H,3-5,10-12,15-16H2,1-2H3,(H,25,28). The number of fused-ring (bicyclic) bond motifs is 2. The molecule has 0 saturated heterocycles. The van der Waals surface area contributed by atoms with Gasteiger partial charge in [-0.1, -0.05) is 6.92 Å². The number of aryl methyl sites for hydroxylation is 1. The summed E-state index contributed by atoms with van der Waals surface area (Å²) in [5.41, 5.74) is 2.68. The molecule has 2 aliphatic heterocycles. The van der Waals surface area contributed by atoms with Crippen LogP contribution in [0.5, 0.6) is 17.2 Å². The van der Waals surface area contributed by atoms with Crippen LogP contribution in [0, 0.1) is 0 Å². The number of nitrogens with one attached hydrogen (secondary N) is 1. The average Bonchev–Trinajstić information content (AvgIpc) is 2.82. The van der Waals surface area contributed by atoms with Gasteiger partial charge in [0, 0.05) is 24.0 Å². The van der Waals surface area contributed by atoms with E-state index in [1.165, 1.54) is 0 Å². The van der Waals surface area contributed by atoms with Crippen LogP contribution >= 0.6 is 0 Å². The Bertz CT molecular complexity index is 994. The number of methoxy groups -OCH3 is 1. The molecule has 2 amide bonds. The molecule has 32 heavy (non-hydrogen) atoms. The lowest BCUT2D eigenvalue weighted by atomic mass is 10.0. The first-order chi connectivity index (χ1) is 15.6. The van der Waals surface area contributed by atoms with Crippen molar-refractivity contribution < 1.29 is 23.8 Å². The van der Waals surface area contributed by atoms with Crippen molar-refractivity contribution in [3.63, 3.8) is 0 Å². The molecule has 2 aliphatic rings. The number of rotatable bonds is 7. The number of benzene rings is 2.